The molecule has 0 saturated carbocycles. The molecule has 7 heteroatoms. The molecule has 1 amide bonds. The maximum Gasteiger partial charge on any atom is 0.243 e. The number of amides is 1. The lowest BCUT2D eigenvalue weighted by atomic mass is 10.1. The summed E-state index contributed by atoms with van der Waals surface area (Å²) >= 11 is 0. The topological polar surface area (TPSA) is 83.2 Å². The van der Waals surface area contributed by atoms with Crippen LogP contribution < -0.4 is 15.0 Å². The molecule has 1 aliphatic rings. The lowest BCUT2D eigenvalue weighted by Gasteiger charge is -2.24. The summed E-state index contributed by atoms with van der Waals surface area (Å²) in [7, 11) is 1.79. The molecule has 1 aromatic heterocycles. The number of hydrogen-bond donors (Lipinski definition) is 1. The minimum absolute atomic E-state index is 0.0380. The van der Waals surface area contributed by atoms with E-state index in [0.29, 0.717) is 30.2 Å². The van der Waals surface area contributed by atoms with Crippen molar-refractivity contribution >= 4 is 22.4 Å². The Morgan fingerprint density at radius 2 is 2.06 bits per heavy atom. The van der Waals surface area contributed by atoms with Crippen LogP contribution in [-0.4, -0.2) is 28.5 Å². The Morgan fingerprint density at radius 1 is 1.18 bits per heavy atom. The van der Waals surface area contributed by atoms with Crippen LogP contribution in [0.4, 0.5) is 5.69 Å². The molecule has 7 nitrogen and oxygen atoms in total. The number of aromatic nitrogens is 2. The van der Waals surface area contributed by atoms with Crippen molar-refractivity contribution in [2.75, 3.05) is 11.9 Å². The molecule has 3 aromatic carbocycles. The van der Waals surface area contributed by atoms with Gasteiger partial charge in [-0.1, -0.05) is 24.3 Å². The van der Waals surface area contributed by atoms with E-state index in [4.69, 9.17) is 4.74 Å². The van der Waals surface area contributed by atoms with E-state index in [-0.39, 0.29) is 11.9 Å². The average Bonchev–Trinajstić information content (AvgIpc) is 3.27. The Morgan fingerprint density at radius 3 is 2.91 bits per heavy atom. The second-order valence-corrected chi connectivity index (χ2v) is 8.22. The van der Waals surface area contributed by atoms with Gasteiger partial charge in [0.15, 0.2) is 0 Å². The quantitative estimate of drug-likeness (QED) is 0.446. The first-order valence-corrected chi connectivity index (χ1v) is 10.8. The lowest BCUT2D eigenvalue weighted by Crippen LogP contribution is -2.43. The van der Waals surface area contributed by atoms with Crippen molar-refractivity contribution in [1.82, 2.24) is 14.9 Å². The Balaban J connectivity index is 1.66. The van der Waals surface area contributed by atoms with Crippen molar-refractivity contribution in [2.45, 2.75) is 26.1 Å². The number of anilines is 1. The lowest BCUT2D eigenvalue weighted by molar-refractivity contribution is -0.119. The number of carbonyl (C=O) groups is 1. The average molecular weight is 438 g/mol. The van der Waals surface area contributed by atoms with Gasteiger partial charge in [-0.2, -0.15) is 5.26 Å². The summed E-state index contributed by atoms with van der Waals surface area (Å²) in [5.41, 5.74) is 3.20. The molecule has 0 fully saturated rings. The summed E-state index contributed by atoms with van der Waals surface area (Å²) in [4.78, 5) is 19.2. The summed E-state index contributed by atoms with van der Waals surface area (Å²) < 4.78 is 8.21. The van der Waals surface area contributed by atoms with Gasteiger partial charge in [-0.25, -0.2) is 4.98 Å². The minimum atomic E-state index is -0.387. The second-order valence-electron chi connectivity index (χ2n) is 8.22. The molecular weight excluding hydrogens is 414 g/mol. The maximum atomic E-state index is 13.2. The molecule has 1 N–H and O–H groups in total. The summed E-state index contributed by atoms with van der Waals surface area (Å²) in [6.45, 7) is 2.94. The Bertz CT molecular complexity index is 1400. The number of benzene rings is 3. The fraction of sp³-hybridized carbons (Fsp3) is 0.192. The number of ether oxygens (including phenoxy) is 1. The third-order valence-corrected chi connectivity index (χ3v) is 6.03. The van der Waals surface area contributed by atoms with Crippen LogP contribution in [0.5, 0.6) is 11.5 Å². The van der Waals surface area contributed by atoms with Gasteiger partial charge in [-0.3, -0.25) is 4.79 Å². The monoisotopic (exact) mass is 437 g/mol. The van der Waals surface area contributed by atoms with E-state index in [0.717, 1.165) is 27.7 Å². The number of carbonyl (C=O) groups excluding carboxylic acids is 1. The molecule has 164 valence electrons. The van der Waals surface area contributed by atoms with Gasteiger partial charge in [0.1, 0.15) is 17.6 Å². The number of fused-ring (bicyclic) bond motifs is 4. The van der Waals surface area contributed by atoms with Crippen molar-refractivity contribution in [3.63, 3.8) is 0 Å². The predicted molar refractivity (Wildman–Crippen MR) is 126 cm³/mol. The Hall–Kier alpha value is -4.15. The van der Waals surface area contributed by atoms with Crippen molar-refractivity contribution < 1.29 is 9.53 Å². The van der Waals surface area contributed by atoms with E-state index in [9.17, 15) is 10.1 Å². The molecule has 0 saturated heterocycles. The number of nitrogens with zero attached hydrogens (tertiary/aromatic N) is 4. The first-order chi connectivity index (χ1) is 16.0. The highest BCUT2D eigenvalue weighted by atomic mass is 16.5. The molecule has 0 unspecified atom stereocenters. The van der Waals surface area contributed by atoms with E-state index in [2.05, 4.69) is 16.4 Å². The van der Waals surface area contributed by atoms with Gasteiger partial charge < -0.3 is 19.5 Å². The number of nitriles is 1. The van der Waals surface area contributed by atoms with Crippen LogP contribution in [0.15, 0.2) is 67.1 Å². The van der Waals surface area contributed by atoms with Crippen LogP contribution in [0.1, 0.15) is 23.7 Å². The van der Waals surface area contributed by atoms with Crippen LogP contribution in [0.3, 0.4) is 0 Å². The maximum absolute atomic E-state index is 13.2. The Labute approximate surface area is 191 Å². The minimum Gasteiger partial charge on any atom is -0.456 e. The number of hydrogen-bond acceptors (Lipinski definition) is 5. The highest BCUT2D eigenvalue weighted by Gasteiger charge is 2.21. The van der Waals surface area contributed by atoms with Crippen LogP contribution in [0.25, 0.3) is 10.8 Å². The van der Waals surface area contributed by atoms with Gasteiger partial charge in [0.25, 0.3) is 0 Å². The van der Waals surface area contributed by atoms with Gasteiger partial charge in [0.05, 0.1) is 29.3 Å². The van der Waals surface area contributed by atoms with Crippen LogP contribution in [0, 0.1) is 11.3 Å². The summed E-state index contributed by atoms with van der Waals surface area (Å²) in [6.07, 6.45) is 3.56. The summed E-state index contributed by atoms with van der Waals surface area (Å²) in [5, 5.41) is 14.8. The van der Waals surface area contributed by atoms with Crippen molar-refractivity contribution in [3.8, 4) is 17.6 Å². The molecule has 33 heavy (non-hydrogen) atoms. The molecule has 4 aromatic rings. The number of nitrogens with one attached hydrogen (secondary N) is 1. The first-order valence-electron chi connectivity index (χ1n) is 10.8. The van der Waals surface area contributed by atoms with E-state index in [1.165, 1.54) is 0 Å². The van der Waals surface area contributed by atoms with Gasteiger partial charge in [-0.05, 0) is 48.2 Å². The standard InChI is InChI=1S/C26H23N5O2/c1-17-26(32)30(2)24-5-3-4-19-8-9-22(11-23(19)24)33-25-10-18(6-7-20(25)12-27)15-31-16-28-13-21(31)14-29-17/h3-11,13,16-17,29H,14-15H2,1-2H3/t17-/m0/s1. The molecule has 1 atom stereocenters. The molecule has 0 aliphatic carbocycles. The van der Waals surface area contributed by atoms with Gasteiger partial charge >= 0.3 is 0 Å². The highest BCUT2D eigenvalue weighted by molar-refractivity contribution is 6.05. The molecule has 2 heterocycles. The van der Waals surface area contributed by atoms with Crippen LogP contribution >= 0.6 is 0 Å². The fourth-order valence-electron chi connectivity index (χ4n) is 4.15. The molecular formula is C26H23N5O2. The third kappa shape index (κ3) is 3.93. The fourth-order valence-corrected chi connectivity index (χ4v) is 4.15. The molecule has 1 aliphatic heterocycles. The number of rotatable bonds is 0. The zero-order valence-corrected chi connectivity index (χ0v) is 18.4. The van der Waals surface area contributed by atoms with Crippen LogP contribution in [-0.2, 0) is 17.9 Å². The summed E-state index contributed by atoms with van der Waals surface area (Å²) in [6, 6.07) is 19.1. The second kappa shape index (κ2) is 8.41. The molecule has 0 spiro atoms. The predicted octanol–water partition coefficient (Wildman–Crippen LogP) is 4.20. The van der Waals surface area contributed by atoms with Crippen molar-refractivity contribution in [3.05, 3.63) is 83.9 Å². The third-order valence-electron chi connectivity index (χ3n) is 6.03. The molecule has 5 rings (SSSR count). The number of imidazole rings is 1. The number of likely N-dealkylation sites (N-methyl/N-ethyl adjacent to an activating group) is 1. The Kier molecular flexibility index (Phi) is 5.29. The molecule has 0 radical (unpaired) electrons. The summed E-state index contributed by atoms with van der Waals surface area (Å²) in [5.74, 6) is 1.06. The zero-order valence-electron chi connectivity index (χ0n) is 18.4. The normalized spacial score (nSPS) is 16.3. The van der Waals surface area contributed by atoms with Crippen molar-refractivity contribution in [2.24, 2.45) is 0 Å². The van der Waals surface area contributed by atoms with E-state index < -0.39 is 0 Å². The van der Waals surface area contributed by atoms with Gasteiger partial charge in [0.2, 0.25) is 5.91 Å². The van der Waals surface area contributed by atoms with Gasteiger partial charge in [0, 0.05) is 31.7 Å². The largest absolute Gasteiger partial charge is 0.456 e. The van der Waals surface area contributed by atoms with E-state index >= 15 is 0 Å². The smallest absolute Gasteiger partial charge is 0.243 e. The van der Waals surface area contributed by atoms with E-state index in [1.807, 2.05) is 60.0 Å². The van der Waals surface area contributed by atoms with Crippen LogP contribution in [0.2, 0.25) is 0 Å². The van der Waals surface area contributed by atoms with Crippen molar-refractivity contribution in [1.29, 1.82) is 5.26 Å². The van der Waals surface area contributed by atoms with Gasteiger partial charge in [-0.15, -0.1) is 0 Å². The highest BCUT2D eigenvalue weighted by Crippen LogP contribution is 2.33. The first kappa shape index (κ1) is 20.7. The molecule has 4 bridgehead atoms. The SMILES string of the molecule is C[C@@H]1NCc2cncn2Cc2ccc(C#N)c(c2)Oc2ccc3cccc(c3c2)N(C)C1=O. The van der Waals surface area contributed by atoms with E-state index in [1.54, 1.807) is 30.5 Å². The zero-order chi connectivity index (χ0) is 22.9.